The molecule has 5 rings (SSSR count). The topological polar surface area (TPSA) is 115 Å². The summed E-state index contributed by atoms with van der Waals surface area (Å²) in [6, 6.07) is 4.66. The highest BCUT2D eigenvalue weighted by Gasteiger charge is 2.34. The number of carbonyl (C=O) groups is 1. The Morgan fingerprint density at radius 3 is 2.72 bits per heavy atom. The van der Waals surface area contributed by atoms with Gasteiger partial charge in [0.15, 0.2) is 11.4 Å². The van der Waals surface area contributed by atoms with Gasteiger partial charge in [-0.2, -0.15) is 5.10 Å². The average Bonchev–Trinajstić information content (AvgIpc) is 3.54. The molecular formula is C27H28F3N5O4. The van der Waals surface area contributed by atoms with Gasteiger partial charge in [-0.3, -0.25) is 14.3 Å². The summed E-state index contributed by atoms with van der Waals surface area (Å²) in [5.74, 6) is -2.68. The van der Waals surface area contributed by atoms with Crippen molar-refractivity contribution in [2.45, 2.75) is 43.8 Å². The van der Waals surface area contributed by atoms with Crippen LogP contribution in [0.4, 0.5) is 13.2 Å². The van der Waals surface area contributed by atoms with Crippen LogP contribution >= 0.6 is 0 Å². The van der Waals surface area contributed by atoms with Crippen molar-refractivity contribution in [3.05, 3.63) is 81.4 Å². The molecule has 1 aliphatic carbocycles. The molecule has 2 atom stereocenters. The van der Waals surface area contributed by atoms with Crippen molar-refractivity contribution in [2.75, 3.05) is 13.7 Å². The number of ether oxygens (including phenoxy) is 1. The van der Waals surface area contributed by atoms with Gasteiger partial charge in [0.1, 0.15) is 29.2 Å². The summed E-state index contributed by atoms with van der Waals surface area (Å²) in [5, 5.41) is 6.95. The van der Waals surface area contributed by atoms with Gasteiger partial charge in [0.2, 0.25) is 5.89 Å². The monoisotopic (exact) mass is 543 g/mol. The summed E-state index contributed by atoms with van der Waals surface area (Å²) in [4.78, 5) is 32.4. The van der Waals surface area contributed by atoms with E-state index in [1.807, 2.05) is 0 Å². The predicted molar refractivity (Wildman–Crippen MR) is 135 cm³/mol. The number of oxazole rings is 1. The third kappa shape index (κ3) is 5.47. The minimum atomic E-state index is -0.915. The van der Waals surface area contributed by atoms with E-state index >= 15 is 4.39 Å². The molecule has 0 saturated heterocycles. The van der Waals surface area contributed by atoms with Crippen molar-refractivity contribution in [1.29, 1.82) is 0 Å². The molecular weight excluding hydrogens is 515 g/mol. The number of H-pyrrole nitrogens is 1. The summed E-state index contributed by atoms with van der Waals surface area (Å²) in [5.41, 5.74) is 0.229. The maximum Gasteiger partial charge on any atom is 0.270 e. The van der Waals surface area contributed by atoms with E-state index in [9.17, 15) is 18.4 Å². The number of nitrogens with zero attached hydrogens (tertiary/aromatic N) is 3. The Hall–Kier alpha value is -3.93. The largest absolute Gasteiger partial charge is 0.435 e. The fraction of sp³-hybridized carbons (Fsp3) is 0.407. The number of hydrogen-bond acceptors (Lipinski definition) is 6. The normalized spacial score (nSPS) is 19.2. The quantitative estimate of drug-likeness (QED) is 0.342. The van der Waals surface area contributed by atoms with Gasteiger partial charge in [0.05, 0.1) is 6.61 Å². The SMILES string of the molecule is COCC(c1cc(F)c2oc(C(NC(=O)c3ccnn3C)C3CCC(F)CC3)nc2c1)c1cc(F)c[nH]c1=O. The molecule has 12 heteroatoms. The molecule has 0 spiro atoms. The summed E-state index contributed by atoms with van der Waals surface area (Å²) in [6.45, 7) is -0.0158. The van der Waals surface area contributed by atoms with Crippen molar-refractivity contribution in [2.24, 2.45) is 13.0 Å². The van der Waals surface area contributed by atoms with Gasteiger partial charge in [-0.1, -0.05) is 0 Å². The molecule has 1 fully saturated rings. The van der Waals surface area contributed by atoms with Crippen molar-refractivity contribution in [1.82, 2.24) is 25.1 Å². The molecule has 0 aliphatic heterocycles. The number of amides is 1. The number of halogens is 3. The van der Waals surface area contributed by atoms with Crippen LogP contribution in [-0.4, -0.2) is 45.5 Å². The zero-order chi connectivity index (χ0) is 27.7. The average molecular weight is 544 g/mol. The number of nitrogens with one attached hydrogen (secondary N) is 2. The molecule has 0 bridgehead atoms. The molecule has 1 saturated carbocycles. The first kappa shape index (κ1) is 26.7. The Morgan fingerprint density at radius 2 is 2.03 bits per heavy atom. The van der Waals surface area contributed by atoms with Crippen molar-refractivity contribution < 1.29 is 27.1 Å². The molecule has 3 heterocycles. The molecule has 0 radical (unpaired) electrons. The van der Waals surface area contributed by atoms with Gasteiger partial charge < -0.3 is 19.5 Å². The lowest BCUT2D eigenvalue weighted by molar-refractivity contribution is 0.0877. The maximum atomic E-state index is 15.4. The van der Waals surface area contributed by atoms with Crippen molar-refractivity contribution >= 4 is 17.0 Å². The summed E-state index contributed by atoms with van der Waals surface area (Å²) < 4.78 is 55.8. The molecule has 1 aromatic carbocycles. The number of fused-ring (bicyclic) bond motifs is 1. The standard InChI is InChI=1S/C27H28F3N5O4/c1-35-22(7-8-32-35)26(37)34-23(14-3-5-16(28)6-4-14)27-33-21-10-15(9-20(30)24(21)39-27)19(13-38-2)18-11-17(29)12-31-25(18)36/h7-12,14,16,19,23H,3-6,13H2,1-2H3,(H,31,36)(H,34,37). The molecule has 4 aromatic rings. The zero-order valence-electron chi connectivity index (χ0n) is 21.4. The van der Waals surface area contributed by atoms with Gasteiger partial charge in [-0.25, -0.2) is 18.2 Å². The van der Waals surface area contributed by atoms with E-state index in [1.54, 1.807) is 19.2 Å². The van der Waals surface area contributed by atoms with Crippen LogP contribution in [0.3, 0.4) is 0 Å². The Balaban J connectivity index is 1.54. The second kappa shape index (κ2) is 11.0. The third-order valence-electron chi connectivity index (χ3n) is 7.27. The molecule has 1 aliphatic rings. The van der Waals surface area contributed by atoms with Gasteiger partial charge in [-0.15, -0.1) is 0 Å². The molecule has 2 N–H and O–H groups in total. The van der Waals surface area contributed by atoms with Crippen molar-refractivity contribution in [3.63, 3.8) is 0 Å². The van der Waals surface area contributed by atoms with E-state index in [0.29, 0.717) is 36.9 Å². The Bertz CT molecular complexity index is 1540. The number of methoxy groups -OCH3 is 1. The molecule has 1 amide bonds. The lowest BCUT2D eigenvalue weighted by Gasteiger charge is -2.30. The van der Waals surface area contributed by atoms with Crippen LogP contribution in [0, 0.1) is 17.6 Å². The summed E-state index contributed by atoms with van der Waals surface area (Å²) >= 11 is 0. The van der Waals surface area contributed by atoms with E-state index in [4.69, 9.17) is 9.15 Å². The molecule has 39 heavy (non-hydrogen) atoms. The first-order chi connectivity index (χ1) is 18.7. The highest BCUT2D eigenvalue weighted by Crippen LogP contribution is 2.37. The zero-order valence-corrected chi connectivity index (χ0v) is 21.4. The Kier molecular flexibility index (Phi) is 7.56. The van der Waals surface area contributed by atoms with E-state index in [0.717, 1.165) is 12.3 Å². The smallest absolute Gasteiger partial charge is 0.270 e. The number of carbonyl (C=O) groups excluding carboxylic acids is 1. The van der Waals surface area contributed by atoms with Crippen LogP contribution in [0.1, 0.15) is 65.1 Å². The first-order valence-corrected chi connectivity index (χ1v) is 12.6. The van der Waals surface area contributed by atoms with Crippen LogP contribution in [0.25, 0.3) is 11.1 Å². The number of aromatic nitrogens is 4. The Morgan fingerprint density at radius 1 is 1.26 bits per heavy atom. The summed E-state index contributed by atoms with van der Waals surface area (Å²) in [7, 11) is 3.06. The summed E-state index contributed by atoms with van der Waals surface area (Å²) in [6.07, 6.45) is 3.17. The van der Waals surface area contributed by atoms with Crippen LogP contribution < -0.4 is 10.9 Å². The first-order valence-electron chi connectivity index (χ1n) is 12.6. The number of benzene rings is 1. The molecule has 9 nitrogen and oxygen atoms in total. The highest BCUT2D eigenvalue weighted by molar-refractivity contribution is 5.92. The van der Waals surface area contributed by atoms with E-state index in [2.05, 4.69) is 20.4 Å². The minimum Gasteiger partial charge on any atom is -0.435 e. The number of aromatic amines is 1. The molecule has 2 unspecified atom stereocenters. The number of aryl methyl sites for hydroxylation is 1. The number of hydrogen-bond donors (Lipinski definition) is 2. The Labute approximate surface area is 221 Å². The second-order valence-corrected chi connectivity index (χ2v) is 9.82. The number of rotatable bonds is 8. The van der Waals surface area contributed by atoms with E-state index < -0.39 is 41.2 Å². The fourth-order valence-corrected chi connectivity index (χ4v) is 5.23. The third-order valence-corrected chi connectivity index (χ3v) is 7.27. The lowest BCUT2D eigenvalue weighted by Crippen LogP contribution is -2.36. The number of alkyl halides is 1. The highest BCUT2D eigenvalue weighted by atomic mass is 19.1. The van der Waals surface area contributed by atoms with E-state index in [-0.39, 0.29) is 35.1 Å². The van der Waals surface area contributed by atoms with Crippen LogP contribution in [0.15, 0.2) is 45.9 Å². The van der Waals surface area contributed by atoms with Crippen LogP contribution in [0.2, 0.25) is 0 Å². The fourth-order valence-electron chi connectivity index (χ4n) is 5.23. The van der Waals surface area contributed by atoms with E-state index in [1.165, 1.54) is 24.1 Å². The minimum absolute atomic E-state index is 0.0158. The van der Waals surface area contributed by atoms with Gasteiger partial charge in [0.25, 0.3) is 11.5 Å². The van der Waals surface area contributed by atoms with Crippen LogP contribution in [-0.2, 0) is 11.8 Å². The van der Waals surface area contributed by atoms with Gasteiger partial charge >= 0.3 is 0 Å². The number of pyridine rings is 1. The molecule has 206 valence electrons. The predicted octanol–water partition coefficient (Wildman–Crippen LogP) is 4.31. The second-order valence-electron chi connectivity index (χ2n) is 9.82. The van der Waals surface area contributed by atoms with Gasteiger partial charge in [-0.05, 0) is 61.4 Å². The maximum absolute atomic E-state index is 15.4. The lowest BCUT2D eigenvalue weighted by atomic mass is 9.83. The van der Waals surface area contributed by atoms with Crippen LogP contribution in [0.5, 0.6) is 0 Å². The van der Waals surface area contributed by atoms with Crippen molar-refractivity contribution in [3.8, 4) is 0 Å². The van der Waals surface area contributed by atoms with Gasteiger partial charge in [0, 0.05) is 38.0 Å². The molecule has 3 aromatic heterocycles.